The van der Waals surface area contributed by atoms with Crippen molar-refractivity contribution in [2.24, 2.45) is 11.1 Å². The highest BCUT2D eigenvalue weighted by Crippen LogP contribution is 2.37. The zero-order valence-corrected chi connectivity index (χ0v) is 11.2. The van der Waals surface area contributed by atoms with Crippen molar-refractivity contribution in [3.8, 4) is 0 Å². The molecule has 98 valence electrons. The van der Waals surface area contributed by atoms with Gasteiger partial charge in [0.05, 0.1) is 5.41 Å². The smallest absolute Gasteiger partial charge is 0.313 e. The quantitative estimate of drug-likeness (QED) is 0.857. The fourth-order valence-corrected chi connectivity index (χ4v) is 2.47. The van der Waals surface area contributed by atoms with Gasteiger partial charge in [-0.2, -0.15) is 0 Å². The van der Waals surface area contributed by atoms with Crippen LogP contribution in [0.5, 0.6) is 0 Å². The van der Waals surface area contributed by atoms with Crippen LogP contribution >= 0.6 is 11.6 Å². The van der Waals surface area contributed by atoms with Gasteiger partial charge >= 0.3 is 5.97 Å². The molecule has 2 N–H and O–H groups in total. The Labute approximate surface area is 112 Å². The molecule has 0 spiro atoms. The Balaban J connectivity index is 1.94. The van der Waals surface area contributed by atoms with E-state index in [0.29, 0.717) is 5.02 Å². The molecule has 1 aliphatic carbocycles. The molecule has 0 bridgehead atoms. The minimum absolute atomic E-state index is 0.0878. The predicted molar refractivity (Wildman–Crippen MR) is 71.2 cm³/mol. The summed E-state index contributed by atoms with van der Waals surface area (Å²) in [5.74, 6) is -0.192. The molecule has 1 aliphatic rings. The molecule has 1 aromatic carbocycles. The average molecular weight is 268 g/mol. The lowest BCUT2D eigenvalue weighted by Gasteiger charge is -2.26. The molecule has 0 saturated heterocycles. The van der Waals surface area contributed by atoms with Crippen molar-refractivity contribution in [1.82, 2.24) is 0 Å². The SMILES string of the molecule is CC1(C(=O)OCc2ccc(Cl)cc2)CCCC1N. The van der Waals surface area contributed by atoms with Crippen LogP contribution in [0.15, 0.2) is 24.3 Å². The van der Waals surface area contributed by atoms with Gasteiger partial charge in [0.1, 0.15) is 6.61 Å². The number of carbonyl (C=O) groups is 1. The van der Waals surface area contributed by atoms with Crippen LogP contribution in [0.4, 0.5) is 0 Å². The third-order valence-electron chi connectivity index (χ3n) is 3.78. The van der Waals surface area contributed by atoms with Crippen LogP contribution < -0.4 is 5.73 Å². The van der Waals surface area contributed by atoms with E-state index in [0.717, 1.165) is 24.8 Å². The lowest BCUT2D eigenvalue weighted by molar-refractivity contribution is -0.156. The molecular formula is C14H18ClNO2. The number of carbonyl (C=O) groups excluding carboxylic acids is 1. The van der Waals surface area contributed by atoms with E-state index in [1.54, 1.807) is 12.1 Å². The minimum Gasteiger partial charge on any atom is -0.460 e. The van der Waals surface area contributed by atoms with E-state index in [2.05, 4.69) is 0 Å². The van der Waals surface area contributed by atoms with Gasteiger partial charge in [-0.25, -0.2) is 0 Å². The van der Waals surface area contributed by atoms with Crippen molar-refractivity contribution in [2.45, 2.75) is 38.8 Å². The topological polar surface area (TPSA) is 52.3 Å². The summed E-state index contributed by atoms with van der Waals surface area (Å²) in [7, 11) is 0. The van der Waals surface area contributed by atoms with Crippen LogP contribution in [-0.4, -0.2) is 12.0 Å². The molecule has 0 amide bonds. The number of rotatable bonds is 3. The Hall–Kier alpha value is -1.06. The number of esters is 1. The molecule has 18 heavy (non-hydrogen) atoms. The summed E-state index contributed by atoms with van der Waals surface area (Å²) in [4.78, 5) is 12.1. The second-order valence-electron chi connectivity index (χ2n) is 5.12. The Bertz CT molecular complexity index is 432. The third-order valence-corrected chi connectivity index (χ3v) is 4.03. The Morgan fingerprint density at radius 3 is 2.72 bits per heavy atom. The van der Waals surface area contributed by atoms with Gasteiger partial charge in [0.15, 0.2) is 0 Å². The Morgan fingerprint density at radius 1 is 1.50 bits per heavy atom. The standard InChI is InChI=1S/C14H18ClNO2/c1-14(8-2-3-12(14)16)13(17)18-9-10-4-6-11(15)7-5-10/h4-7,12H,2-3,8-9,16H2,1H3. The molecule has 0 aliphatic heterocycles. The number of halogens is 1. The first kappa shape index (κ1) is 13.4. The van der Waals surface area contributed by atoms with Crippen molar-refractivity contribution in [2.75, 3.05) is 0 Å². The lowest BCUT2D eigenvalue weighted by Crippen LogP contribution is -2.42. The first-order valence-electron chi connectivity index (χ1n) is 6.19. The van der Waals surface area contributed by atoms with E-state index in [9.17, 15) is 4.79 Å². The zero-order valence-electron chi connectivity index (χ0n) is 10.5. The maximum atomic E-state index is 12.1. The highest BCUT2D eigenvalue weighted by atomic mass is 35.5. The second kappa shape index (κ2) is 5.29. The second-order valence-corrected chi connectivity index (χ2v) is 5.56. The number of benzene rings is 1. The minimum atomic E-state index is -0.521. The van der Waals surface area contributed by atoms with E-state index in [4.69, 9.17) is 22.1 Å². The van der Waals surface area contributed by atoms with Gasteiger partial charge < -0.3 is 10.5 Å². The Morgan fingerprint density at radius 2 is 2.17 bits per heavy atom. The lowest BCUT2D eigenvalue weighted by atomic mass is 9.85. The number of hydrogen-bond acceptors (Lipinski definition) is 3. The summed E-state index contributed by atoms with van der Waals surface area (Å²) in [6.07, 6.45) is 2.70. The molecule has 0 aromatic heterocycles. The van der Waals surface area contributed by atoms with E-state index in [1.165, 1.54) is 0 Å². The van der Waals surface area contributed by atoms with E-state index < -0.39 is 5.41 Å². The van der Waals surface area contributed by atoms with Crippen LogP contribution in [0.25, 0.3) is 0 Å². The van der Waals surface area contributed by atoms with E-state index >= 15 is 0 Å². The molecule has 1 fully saturated rings. The van der Waals surface area contributed by atoms with Crippen LogP contribution in [0.3, 0.4) is 0 Å². The normalized spacial score (nSPS) is 27.2. The summed E-state index contributed by atoms with van der Waals surface area (Å²) in [5.41, 5.74) is 6.40. The first-order chi connectivity index (χ1) is 8.52. The highest BCUT2D eigenvalue weighted by molar-refractivity contribution is 6.30. The van der Waals surface area contributed by atoms with Gasteiger partial charge in [0.25, 0.3) is 0 Å². The molecule has 3 nitrogen and oxygen atoms in total. The molecule has 4 heteroatoms. The van der Waals surface area contributed by atoms with Gasteiger partial charge in [-0.1, -0.05) is 30.2 Å². The van der Waals surface area contributed by atoms with E-state index in [1.807, 2.05) is 19.1 Å². The van der Waals surface area contributed by atoms with Crippen molar-refractivity contribution >= 4 is 17.6 Å². The number of ether oxygens (including phenoxy) is 1. The average Bonchev–Trinajstić information content (AvgIpc) is 2.70. The molecule has 2 rings (SSSR count). The summed E-state index contributed by atoms with van der Waals surface area (Å²) in [5, 5.41) is 0.676. The van der Waals surface area contributed by atoms with Crippen LogP contribution in [0.2, 0.25) is 5.02 Å². The van der Waals surface area contributed by atoms with Gasteiger partial charge in [0, 0.05) is 11.1 Å². The summed E-state index contributed by atoms with van der Waals surface area (Å²) >= 11 is 5.79. The maximum Gasteiger partial charge on any atom is 0.313 e. The third kappa shape index (κ3) is 2.68. The predicted octanol–water partition coefficient (Wildman–Crippen LogP) is 2.90. The number of hydrogen-bond donors (Lipinski definition) is 1. The van der Waals surface area contributed by atoms with Crippen molar-refractivity contribution < 1.29 is 9.53 Å². The highest BCUT2D eigenvalue weighted by Gasteiger charge is 2.44. The monoisotopic (exact) mass is 267 g/mol. The zero-order chi connectivity index (χ0) is 13.2. The summed E-state index contributed by atoms with van der Waals surface area (Å²) in [6, 6.07) is 7.19. The molecule has 0 heterocycles. The molecule has 1 saturated carbocycles. The van der Waals surface area contributed by atoms with Crippen molar-refractivity contribution in [1.29, 1.82) is 0 Å². The van der Waals surface area contributed by atoms with Crippen molar-refractivity contribution in [3.63, 3.8) is 0 Å². The number of nitrogens with two attached hydrogens (primary N) is 1. The maximum absolute atomic E-state index is 12.1. The Kier molecular flexibility index (Phi) is 3.93. The van der Waals surface area contributed by atoms with Gasteiger partial charge in [-0.3, -0.25) is 4.79 Å². The van der Waals surface area contributed by atoms with Crippen LogP contribution in [0.1, 0.15) is 31.7 Å². The van der Waals surface area contributed by atoms with Crippen LogP contribution in [-0.2, 0) is 16.1 Å². The molecule has 0 radical (unpaired) electrons. The summed E-state index contributed by atoms with van der Waals surface area (Å²) in [6.45, 7) is 2.17. The van der Waals surface area contributed by atoms with Gasteiger partial charge in [0.2, 0.25) is 0 Å². The molecule has 2 atom stereocenters. The summed E-state index contributed by atoms with van der Waals surface area (Å²) < 4.78 is 5.36. The molecule has 1 aromatic rings. The first-order valence-corrected chi connectivity index (χ1v) is 6.57. The van der Waals surface area contributed by atoms with E-state index in [-0.39, 0.29) is 18.6 Å². The largest absolute Gasteiger partial charge is 0.460 e. The van der Waals surface area contributed by atoms with Gasteiger partial charge in [-0.05, 0) is 37.5 Å². The van der Waals surface area contributed by atoms with Gasteiger partial charge in [-0.15, -0.1) is 0 Å². The van der Waals surface area contributed by atoms with Crippen molar-refractivity contribution in [3.05, 3.63) is 34.9 Å². The van der Waals surface area contributed by atoms with Crippen LogP contribution in [0, 0.1) is 5.41 Å². The molecule has 2 unspecified atom stereocenters. The fourth-order valence-electron chi connectivity index (χ4n) is 2.34. The molecular weight excluding hydrogens is 250 g/mol. The fraction of sp³-hybridized carbons (Fsp3) is 0.500.